The molecule has 1 aliphatic carbocycles. The third-order valence-electron chi connectivity index (χ3n) is 5.59. The van der Waals surface area contributed by atoms with E-state index in [1.807, 2.05) is 7.05 Å². The molecular weight excluding hydrogens is 368 g/mol. The van der Waals surface area contributed by atoms with E-state index in [0.29, 0.717) is 18.8 Å². The summed E-state index contributed by atoms with van der Waals surface area (Å²) in [6.45, 7) is 2.35. The van der Waals surface area contributed by atoms with Crippen LogP contribution in [0, 0.1) is 10.1 Å². The summed E-state index contributed by atoms with van der Waals surface area (Å²) in [4.78, 5) is 12.4. The molecule has 9 heteroatoms. The molecule has 0 unspecified atom stereocenters. The quantitative estimate of drug-likeness (QED) is 0.443. The second-order valence-corrected chi connectivity index (χ2v) is 9.57. The van der Waals surface area contributed by atoms with Gasteiger partial charge >= 0.3 is 0 Å². The van der Waals surface area contributed by atoms with Gasteiger partial charge in [-0.15, -0.1) is 0 Å². The van der Waals surface area contributed by atoms with Crippen LogP contribution in [0.4, 0.5) is 11.4 Å². The first-order valence-electron chi connectivity index (χ1n) is 9.74. The number of likely N-dealkylation sites (N-methyl/N-ethyl adjacent to an activating group) is 1. The van der Waals surface area contributed by atoms with Crippen molar-refractivity contribution in [2.75, 3.05) is 38.5 Å². The molecule has 0 radical (unpaired) electrons. The van der Waals surface area contributed by atoms with Crippen molar-refractivity contribution in [3.63, 3.8) is 0 Å². The summed E-state index contributed by atoms with van der Waals surface area (Å²) >= 11 is 0. The van der Waals surface area contributed by atoms with Crippen molar-refractivity contribution in [3.05, 3.63) is 28.3 Å². The topological polar surface area (TPSA) is 97.0 Å². The molecule has 150 valence electrons. The Kier molecular flexibility index (Phi) is 6.33. The molecule has 2 fully saturated rings. The van der Waals surface area contributed by atoms with Crippen molar-refractivity contribution in [2.45, 2.75) is 49.5 Å². The summed E-state index contributed by atoms with van der Waals surface area (Å²) in [5.41, 5.74) is 0.244. The number of nitrogens with one attached hydrogen (secondary N) is 2. The minimum absolute atomic E-state index is 0.000157. The van der Waals surface area contributed by atoms with Gasteiger partial charge in [0.15, 0.2) is 0 Å². The number of nitrogens with zero attached hydrogens (tertiary/aromatic N) is 2. The molecular formula is C18H29N4O4S+. The lowest BCUT2D eigenvalue weighted by atomic mass is 10.1. The number of anilines is 1. The number of sulfonamides is 1. The minimum Gasteiger partial charge on any atom is -0.377 e. The van der Waals surface area contributed by atoms with E-state index in [9.17, 15) is 18.5 Å². The molecule has 1 aromatic rings. The molecule has 1 aliphatic heterocycles. The Hall–Kier alpha value is -1.71. The predicted octanol–water partition coefficient (Wildman–Crippen LogP) is 1.25. The molecule has 0 bridgehead atoms. The molecule has 8 nitrogen and oxygen atoms in total. The molecule has 1 saturated carbocycles. The van der Waals surface area contributed by atoms with Crippen molar-refractivity contribution in [1.29, 1.82) is 0 Å². The number of piperazine rings is 1. The van der Waals surface area contributed by atoms with E-state index in [1.54, 1.807) is 6.07 Å². The third kappa shape index (κ3) is 4.77. The Morgan fingerprint density at radius 3 is 2.37 bits per heavy atom. The molecule has 1 saturated heterocycles. The average molecular weight is 398 g/mol. The highest BCUT2D eigenvalue weighted by atomic mass is 32.2. The van der Waals surface area contributed by atoms with Gasteiger partial charge in [0.05, 0.1) is 43.0 Å². The van der Waals surface area contributed by atoms with Gasteiger partial charge < -0.3 is 10.2 Å². The summed E-state index contributed by atoms with van der Waals surface area (Å²) in [5.74, 6) is 0. The fraction of sp³-hybridized carbons (Fsp3) is 0.667. The minimum atomic E-state index is -3.71. The molecule has 1 heterocycles. The molecule has 1 aromatic carbocycles. The van der Waals surface area contributed by atoms with E-state index < -0.39 is 14.9 Å². The zero-order valence-corrected chi connectivity index (χ0v) is 16.6. The second kappa shape index (κ2) is 8.53. The van der Waals surface area contributed by atoms with Crippen molar-refractivity contribution >= 4 is 21.4 Å². The highest BCUT2D eigenvalue weighted by Crippen LogP contribution is 2.31. The second-order valence-electron chi connectivity index (χ2n) is 7.63. The highest BCUT2D eigenvalue weighted by Gasteiger charge is 2.31. The number of hydrogen-bond acceptors (Lipinski definition) is 5. The molecule has 0 amide bonds. The van der Waals surface area contributed by atoms with E-state index in [1.165, 1.54) is 34.2 Å². The highest BCUT2D eigenvalue weighted by molar-refractivity contribution is 7.89. The first-order valence-corrected chi connectivity index (χ1v) is 11.2. The van der Waals surface area contributed by atoms with E-state index in [2.05, 4.69) is 5.32 Å². The first kappa shape index (κ1) is 20.0. The van der Waals surface area contributed by atoms with Crippen LogP contribution in [0.2, 0.25) is 0 Å². The van der Waals surface area contributed by atoms with Crippen molar-refractivity contribution in [2.24, 2.45) is 0 Å². The number of quaternary nitrogens is 1. The van der Waals surface area contributed by atoms with Crippen LogP contribution in [0.3, 0.4) is 0 Å². The zero-order chi connectivity index (χ0) is 19.4. The lowest BCUT2D eigenvalue weighted by molar-refractivity contribution is -0.883. The van der Waals surface area contributed by atoms with Gasteiger partial charge in [0, 0.05) is 12.1 Å². The maximum absolute atomic E-state index is 12.9. The molecule has 3 rings (SSSR count). The van der Waals surface area contributed by atoms with Gasteiger partial charge in [-0.25, -0.2) is 8.42 Å². The van der Waals surface area contributed by atoms with Gasteiger partial charge in [0.25, 0.3) is 5.69 Å². The van der Waals surface area contributed by atoms with Crippen LogP contribution in [0.5, 0.6) is 0 Å². The Balaban J connectivity index is 1.83. The molecule has 0 spiro atoms. The Bertz CT molecular complexity index is 768. The third-order valence-corrected chi connectivity index (χ3v) is 7.49. The molecule has 0 atom stereocenters. The summed E-state index contributed by atoms with van der Waals surface area (Å²) in [5, 5.41) is 14.9. The van der Waals surface area contributed by atoms with Crippen LogP contribution in [-0.4, -0.2) is 56.9 Å². The largest absolute Gasteiger partial charge is 0.377 e. The van der Waals surface area contributed by atoms with Crippen LogP contribution in [0.25, 0.3) is 0 Å². The number of hydrogen-bond donors (Lipinski definition) is 2. The van der Waals surface area contributed by atoms with E-state index in [0.717, 1.165) is 38.8 Å². The van der Waals surface area contributed by atoms with E-state index in [-0.39, 0.29) is 16.6 Å². The van der Waals surface area contributed by atoms with Gasteiger partial charge in [-0.1, -0.05) is 25.7 Å². The lowest BCUT2D eigenvalue weighted by Gasteiger charge is -2.29. The Morgan fingerprint density at radius 1 is 1.15 bits per heavy atom. The molecule has 0 aromatic heterocycles. The number of rotatable bonds is 5. The Labute approximate surface area is 160 Å². The number of nitro groups is 1. The monoisotopic (exact) mass is 397 g/mol. The van der Waals surface area contributed by atoms with E-state index >= 15 is 0 Å². The zero-order valence-electron chi connectivity index (χ0n) is 15.8. The van der Waals surface area contributed by atoms with Gasteiger partial charge in [-0.2, -0.15) is 4.31 Å². The standard InChI is InChI=1S/C18H28N4O4S/c1-20-10-12-21(13-11-20)27(25,26)16-8-9-17(18(14-16)22(23)24)19-15-6-4-2-3-5-7-15/h8-9,14-15,19H,2-7,10-13H2,1H3/p+1. The van der Waals surface area contributed by atoms with Gasteiger partial charge in [-0.3, -0.25) is 10.1 Å². The number of nitro benzene ring substituents is 1. The maximum atomic E-state index is 12.9. The van der Waals surface area contributed by atoms with Crippen molar-refractivity contribution in [1.82, 2.24) is 4.31 Å². The van der Waals surface area contributed by atoms with Gasteiger partial charge in [0.2, 0.25) is 10.0 Å². The predicted molar refractivity (Wildman–Crippen MR) is 104 cm³/mol. The SMILES string of the molecule is C[NH+]1CCN(S(=O)(=O)c2ccc(NC3CCCCCC3)c([N+](=O)[O-])c2)CC1. The summed E-state index contributed by atoms with van der Waals surface area (Å²) in [7, 11) is -1.68. The van der Waals surface area contributed by atoms with Crippen LogP contribution in [0.15, 0.2) is 23.1 Å². The smallest absolute Gasteiger partial charge is 0.293 e. The molecule has 2 aliphatic rings. The van der Waals surface area contributed by atoms with E-state index in [4.69, 9.17) is 0 Å². The Morgan fingerprint density at radius 2 is 1.78 bits per heavy atom. The van der Waals surface area contributed by atoms with Gasteiger partial charge in [-0.05, 0) is 25.0 Å². The summed E-state index contributed by atoms with van der Waals surface area (Å²) in [6, 6.07) is 4.46. The van der Waals surface area contributed by atoms with Crippen LogP contribution in [0.1, 0.15) is 38.5 Å². The lowest BCUT2D eigenvalue weighted by Crippen LogP contribution is -3.12. The maximum Gasteiger partial charge on any atom is 0.293 e. The first-order chi connectivity index (χ1) is 12.9. The van der Waals surface area contributed by atoms with Crippen molar-refractivity contribution < 1.29 is 18.2 Å². The van der Waals surface area contributed by atoms with Crippen LogP contribution >= 0.6 is 0 Å². The normalized spacial score (nSPS) is 20.9. The fourth-order valence-corrected chi connectivity index (χ4v) is 5.31. The van der Waals surface area contributed by atoms with Crippen LogP contribution < -0.4 is 10.2 Å². The molecule has 2 N–H and O–H groups in total. The van der Waals surface area contributed by atoms with Gasteiger partial charge in [0.1, 0.15) is 5.69 Å². The number of benzene rings is 1. The summed E-state index contributed by atoms with van der Waals surface area (Å²) in [6.07, 6.45) is 6.60. The van der Waals surface area contributed by atoms with Crippen LogP contribution in [-0.2, 0) is 10.0 Å². The summed E-state index contributed by atoms with van der Waals surface area (Å²) < 4.78 is 27.2. The average Bonchev–Trinajstić information content (AvgIpc) is 2.91. The van der Waals surface area contributed by atoms with Crippen molar-refractivity contribution in [3.8, 4) is 0 Å². The fourth-order valence-electron chi connectivity index (χ4n) is 3.85. The molecule has 27 heavy (non-hydrogen) atoms.